The number of rotatable bonds is 11. The van der Waals surface area contributed by atoms with Gasteiger partial charge < -0.3 is 15.5 Å². The van der Waals surface area contributed by atoms with E-state index in [-0.39, 0.29) is 10.2 Å². The third-order valence-electron chi connectivity index (χ3n) is 7.85. The fourth-order valence-electron chi connectivity index (χ4n) is 5.31. The predicted molar refractivity (Wildman–Crippen MR) is 149 cm³/mol. The Hall–Kier alpha value is -2.17. The van der Waals surface area contributed by atoms with E-state index in [9.17, 15) is 0 Å². The van der Waals surface area contributed by atoms with E-state index in [0.717, 1.165) is 38.0 Å². The molecule has 4 rings (SSSR count). The van der Waals surface area contributed by atoms with E-state index < -0.39 is 0 Å². The number of piperidine rings is 1. The molecule has 0 aromatic heterocycles. The Morgan fingerprint density at radius 3 is 2.35 bits per heavy atom. The van der Waals surface area contributed by atoms with Gasteiger partial charge in [0.05, 0.1) is 4.75 Å². The van der Waals surface area contributed by atoms with Gasteiger partial charge in [-0.05, 0) is 94.4 Å². The van der Waals surface area contributed by atoms with Crippen LogP contribution in [-0.2, 0) is 11.8 Å². The molecule has 0 unspecified atom stereocenters. The van der Waals surface area contributed by atoms with E-state index in [1.165, 1.54) is 53.1 Å². The van der Waals surface area contributed by atoms with Crippen molar-refractivity contribution in [1.29, 1.82) is 0 Å². The quantitative estimate of drug-likeness (QED) is 0.361. The van der Waals surface area contributed by atoms with Gasteiger partial charge >= 0.3 is 0 Å². The first-order chi connectivity index (χ1) is 16.4. The van der Waals surface area contributed by atoms with Gasteiger partial charge in [0, 0.05) is 35.8 Å². The van der Waals surface area contributed by atoms with Gasteiger partial charge in [-0.1, -0.05) is 42.5 Å². The number of benzene rings is 2. The second-order valence-corrected chi connectivity index (χ2v) is 11.5. The van der Waals surface area contributed by atoms with Crippen molar-refractivity contribution in [2.24, 2.45) is 0 Å². The van der Waals surface area contributed by atoms with Crippen LogP contribution in [0.4, 0.5) is 5.69 Å². The van der Waals surface area contributed by atoms with Gasteiger partial charge in [-0.25, -0.2) is 0 Å². The zero-order valence-corrected chi connectivity index (χ0v) is 22.1. The van der Waals surface area contributed by atoms with Crippen molar-refractivity contribution in [1.82, 2.24) is 10.2 Å². The highest BCUT2D eigenvalue weighted by atomic mass is 32.2. The van der Waals surface area contributed by atoms with Crippen molar-refractivity contribution in [3.63, 3.8) is 0 Å². The van der Waals surface area contributed by atoms with E-state index in [1.54, 1.807) is 0 Å². The largest absolute Gasteiger partial charge is 0.391 e. The van der Waals surface area contributed by atoms with E-state index in [2.05, 4.69) is 84.2 Å². The number of nitrogens with zero attached hydrogens (tertiary/aromatic N) is 1. The van der Waals surface area contributed by atoms with Crippen molar-refractivity contribution in [2.75, 3.05) is 39.0 Å². The Morgan fingerprint density at radius 1 is 1.06 bits per heavy atom. The van der Waals surface area contributed by atoms with Gasteiger partial charge in [0.2, 0.25) is 0 Å². The number of hydrogen-bond acceptors (Lipinski definition) is 4. The lowest BCUT2D eigenvalue weighted by molar-refractivity contribution is 0.182. The van der Waals surface area contributed by atoms with Crippen LogP contribution in [0.25, 0.3) is 0 Å². The topological polar surface area (TPSA) is 27.3 Å². The summed E-state index contributed by atoms with van der Waals surface area (Å²) in [4.78, 5) is 3.99. The number of allylic oxidation sites excluding steroid dienone is 1. The van der Waals surface area contributed by atoms with E-state index >= 15 is 0 Å². The molecule has 2 aromatic carbocycles. The highest BCUT2D eigenvalue weighted by molar-refractivity contribution is 8.01. The van der Waals surface area contributed by atoms with Gasteiger partial charge in [-0.2, -0.15) is 0 Å². The van der Waals surface area contributed by atoms with Crippen molar-refractivity contribution in [2.45, 2.75) is 60.5 Å². The summed E-state index contributed by atoms with van der Waals surface area (Å²) in [5.74, 6) is 0. The maximum absolute atomic E-state index is 4.26. The Labute approximate surface area is 211 Å². The summed E-state index contributed by atoms with van der Waals surface area (Å²) in [5, 5.41) is 6.66. The standard InChI is InChI=1S/C30H41N3S/c1-6-29(27-22-23(2)9-14-28(27)32-5)17-20-33(21-18-29)19-7-8-25-10-12-26(13-11-25)34-30(15-16-30)24(3)31-4/h6,9-14,22,31-32H,1,3,7-8,15-21H2,2,4-5H3. The normalized spacial score (nSPS) is 18.8. The van der Waals surface area contributed by atoms with Crippen LogP contribution >= 0.6 is 11.8 Å². The van der Waals surface area contributed by atoms with Crippen LogP contribution in [0.1, 0.15) is 48.8 Å². The van der Waals surface area contributed by atoms with Gasteiger partial charge in [0.1, 0.15) is 0 Å². The minimum atomic E-state index is 0.0753. The molecule has 1 heterocycles. The molecule has 2 N–H and O–H groups in total. The first-order valence-electron chi connectivity index (χ1n) is 12.7. The lowest BCUT2D eigenvalue weighted by Gasteiger charge is -2.41. The minimum Gasteiger partial charge on any atom is -0.391 e. The Kier molecular flexibility index (Phi) is 7.79. The maximum atomic E-state index is 4.26. The number of thioether (sulfide) groups is 1. The second kappa shape index (κ2) is 10.6. The Bertz CT molecular complexity index is 998. The molecular weight excluding hydrogens is 434 g/mol. The van der Waals surface area contributed by atoms with Crippen molar-refractivity contribution < 1.29 is 0 Å². The number of likely N-dealkylation sites (tertiary alicyclic amines) is 1. The summed E-state index contributed by atoms with van der Waals surface area (Å²) < 4.78 is 0.220. The summed E-state index contributed by atoms with van der Waals surface area (Å²) in [6.45, 7) is 14.1. The van der Waals surface area contributed by atoms with Crippen LogP contribution in [0.5, 0.6) is 0 Å². The Balaban J connectivity index is 1.26. The molecule has 2 aliphatic rings. The zero-order valence-electron chi connectivity index (χ0n) is 21.3. The molecule has 3 nitrogen and oxygen atoms in total. The summed E-state index contributed by atoms with van der Waals surface area (Å²) in [6, 6.07) is 16.0. The molecule has 0 amide bonds. The van der Waals surface area contributed by atoms with Crippen LogP contribution < -0.4 is 10.6 Å². The summed E-state index contributed by atoms with van der Waals surface area (Å²) >= 11 is 1.97. The smallest absolute Gasteiger partial charge is 0.0597 e. The molecule has 1 aliphatic heterocycles. The SMILES string of the molecule is C=CC1(c2cc(C)ccc2NC)CCN(CCCc2ccc(SC3(C(=C)NC)CC3)cc2)CC1. The first kappa shape index (κ1) is 24.9. The molecule has 4 heteroatoms. The van der Waals surface area contributed by atoms with Crippen LogP contribution in [0.3, 0.4) is 0 Å². The first-order valence-corrected chi connectivity index (χ1v) is 13.6. The minimum absolute atomic E-state index is 0.0753. The van der Waals surface area contributed by atoms with Crippen LogP contribution in [0.15, 0.2) is 72.3 Å². The van der Waals surface area contributed by atoms with Crippen LogP contribution in [0.2, 0.25) is 0 Å². The van der Waals surface area contributed by atoms with Crippen molar-refractivity contribution >= 4 is 17.4 Å². The number of nitrogens with one attached hydrogen (secondary N) is 2. The van der Waals surface area contributed by atoms with E-state index in [1.807, 2.05) is 25.9 Å². The maximum Gasteiger partial charge on any atom is 0.0597 e. The van der Waals surface area contributed by atoms with Crippen molar-refractivity contribution in [3.8, 4) is 0 Å². The van der Waals surface area contributed by atoms with Crippen LogP contribution in [0, 0.1) is 6.92 Å². The number of anilines is 1. The summed E-state index contributed by atoms with van der Waals surface area (Å²) in [5.41, 5.74) is 6.65. The molecule has 0 atom stereocenters. The third kappa shape index (κ3) is 5.39. The molecule has 1 aliphatic carbocycles. The summed E-state index contributed by atoms with van der Waals surface area (Å²) in [6.07, 6.45) is 9.28. The molecule has 0 bridgehead atoms. The Morgan fingerprint density at radius 2 is 1.76 bits per heavy atom. The monoisotopic (exact) mass is 475 g/mol. The summed E-state index contributed by atoms with van der Waals surface area (Å²) in [7, 11) is 4.00. The molecule has 1 saturated carbocycles. The molecule has 1 saturated heterocycles. The fourth-order valence-corrected chi connectivity index (χ4v) is 6.57. The molecule has 0 spiro atoms. The molecule has 34 heavy (non-hydrogen) atoms. The third-order valence-corrected chi connectivity index (χ3v) is 9.41. The molecule has 0 radical (unpaired) electrons. The lowest BCUT2D eigenvalue weighted by atomic mass is 9.72. The van der Waals surface area contributed by atoms with E-state index in [4.69, 9.17) is 0 Å². The van der Waals surface area contributed by atoms with Gasteiger partial charge in [0.15, 0.2) is 0 Å². The highest BCUT2D eigenvalue weighted by Crippen LogP contribution is 2.55. The average molecular weight is 476 g/mol. The highest BCUT2D eigenvalue weighted by Gasteiger charge is 2.46. The molecule has 182 valence electrons. The number of aryl methyl sites for hydroxylation is 2. The fraction of sp³-hybridized carbons (Fsp3) is 0.467. The molecule has 2 fully saturated rings. The zero-order chi connectivity index (χ0) is 24.2. The average Bonchev–Trinajstić information content (AvgIpc) is 3.65. The lowest BCUT2D eigenvalue weighted by Crippen LogP contribution is -2.42. The van der Waals surface area contributed by atoms with Crippen LogP contribution in [-0.4, -0.2) is 43.4 Å². The van der Waals surface area contributed by atoms with E-state index in [0.29, 0.717) is 0 Å². The molecular formula is C30H41N3S. The van der Waals surface area contributed by atoms with Gasteiger partial charge in [-0.3, -0.25) is 0 Å². The second-order valence-electron chi connectivity index (χ2n) is 10.1. The van der Waals surface area contributed by atoms with Crippen molar-refractivity contribution in [3.05, 3.63) is 84.1 Å². The molecule has 2 aromatic rings. The predicted octanol–water partition coefficient (Wildman–Crippen LogP) is 6.55. The van der Waals surface area contributed by atoms with Gasteiger partial charge in [-0.15, -0.1) is 18.3 Å². The number of hydrogen-bond donors (Lipinski definition) is 2. The van der Waals surface area contributed by atoms with Gasteiger partial charge in [0.25, 0.3) is 0 Å².